The van der Waals surface area contributed by atoms with Gasteiger partial charge in [-0.05, 0) is 29.8 Å². The Bertz CT molecular complexity index is 706. The number of phenolic OH excluding ortho intramolecular Hbond substituents is 1. The van der Waals surface area contributed by atoms with E-state index in [-0.39, 0.29) is 11.5 Å². The highest BCUT2D eigenvalue weighted by atomic mass is 16.3. The van der Waals surface area contributed by atoms with Gasteiger partial charge < -0.3 is 10.2 Å². The van der Waals surface area contributed by atoms with Crippen LogP contribution in [0.15, 0.2) is 42.6 Å². The molecule has 3 aromatic rings. The number of aromatic nitrogens is 3. The van der Waals surface area contributed by atoms with Crippen LogP contribution >= 0.6 is 0 Å². The molecule has 0 aliphatic carbocycles. The second-order valence-corrected chi connectivity index (χ2v) is 4.06. The van der Waals surface area contributed by atoms with Gasteiger partial charge in [-0.15, -0.1) is 0 Å². The minimum absolute atomic E-state index is 0.149. The van der Waals surface area contributed by atoms with Gasteiger partial charge in [0.1, 0.15) is 11.5 Å². The van der Waals surface area contributed by atoms with E-state index < -0.39 is 0 Å². The van der Waals surface area contributed by atoms with Crippen molar-refractivity contribution in [3.8, 4) is 11.5 Å². The zero-order valence-corrected chi connectivity index (χ0v) is 9.48. The van der Waals surface area contributed by atoms with Gasteiger partial charge in [0.25, 0.3) is 0 Å². The molecule has 5 heteroatoms. The monoisotopic (exact) mass is 241 g/mol. The minimum Gasteiger partial charge on any atom is -0.508 e. The van der Waals surface area contributed by atoms with Crippen LogP contribution < -0.4 is 0 Å². The number of aromatic hydroxyl groups is 2. The number of fused-ring (bicyclic) bond motifs is 1. The van der Waals surface area contributed by atoms with Crippen LogP contribution in [0.3, 0.4) is 0 Å². The summed E-state index contributed by atoms with van der Waals surface area (Å²) in [6.07, 6.45) is 2.05. The second kappa shape index (κ2) is 4.03. The van der Waals surface area contributed by atoms with E-state index in [2.05, 4.69) is 10.1 Å². The zero-order chi connectivity index (χ0) is 12.5. The largest absolute Gasteiger partial charge is 0.508 e. The van der Waals surface area contributed by atoms with Crippen molar-refractivity contribution >= 4 is 5.65 Å². The molecule has 2 heterocycles. The molecular weight excluding hydrogens is 230 g/mol. The molecule has 2 N–H and O–H groups in total. The highest BCUT2D eigenvalue weighted by Gasteiger charge is 2.05. The summed E-state index contributed by atoms with van der Waals surface area (Å²) in [6.45, 7) is 0. The highest BCUT2D eigenvalue weighted by Crippen LogP contribution is 2.15. The summed E-state index contributed by atoms with van der Waals surface area (Å²) in [4.78, 5) is 4.34. The smallest absolute Gasteiger partial charge is 0.156 e. The Hall–Kier alpha value is -2.56. The van der Waals surface area contributed by atoms with Gasteiger partial charge in [-0.2, -0.15) is 5.10 Å². The fourth-order valence-electron chi connectivity index (χ4n) is 1.84. The standard InChI is InChI=1S/C13H11N3O2/c17-10-3-1-2-9(6-10)7-12-14-13-5-4-11(18)8-16(13)15-12/h1-6,8,17-18H,7H2. The number of benzene rings is 1. The molecular formula is C13H11N3O2. The van der Waals surface area contributed by atoms with E-state index in [0.717, 1.165) is 5.56 Å². The first-order valence-electron chi connectivity index (χ1n) is 5.53. The van der Waals surface area contributed by atoms with Crippen molar-refractivity contribution in [3.05, 3.63) is 54.0 Å². The third kappa shape index (κ3) is 1.98. The second-order valence-electron chi connectivity index (χ2n) is 4.06. The summed E-state index contributed by atoms with van der Waals surface area (Å²) in [5.74, 6) is 1.02. The molecule has 0 aliphatic rings. The fourth-order valence-corrected chi connectivity index (χ4v) is 1.84. The number of pyridine rings is 1. The average molecular weight is 241 g/mol. The Morgan fingerprint density at radius 2 is 1.94 bits per heavy atom. The van der Waals surface area contributed by atoms with Crippen molar-refractivity contribution in [2.45, 2.75) is 6.42 Å². The van der Waals surface area contributed by atoms with Crippen LogP contribution in [0.2, 0.25) is 0 Å². The lowest BCUT2D eigenvalue weighted by Gasteiger charge is -1.97. The minimum atomic E-state index is 0.149. The van der Waals surface area contributed by atoms with Gasteiger partial charge in [-0.25, -0.2) is 9.50 Å². The van der Waals surface area contributed by atoms with Crippen molar-refractivity contribution in [2.75, 3.05) is 0 Å². The molecule has 0 radical (unpaired) electrons. The molecule has 3 rings (SSSR count). The maximum absolute atomic E-state index is 9.39. The molecule has 0 amide bonds. The van der Waals surface area contributed by atoms with E-state index in [9.17, 15) is 10.2 Å². The van der Waals surface area contributed by atoms with Crippen LogP contribution in [0.1, 0.15) is 11.4 Å². The molecule has 0 fully saturated rings. The molecule has 0 aliphatic heterocycles. The first-order chi connectivity index (χ1) is 8.70. The molecule has 18 heavy (non-hydrogen) atoms. The van der Waals surface area contributed by atoms with E-state index in [4.69, 9.17) is 0 Å². The molecule has 1 aromatic carbocycles. The van der Waals surface area contributed by atoms with Crippen molar-refractivity contribution < 1.29 is 10.2 Å². The van der Waals surface area contributed by atoms with Crippen LogP contribution in [0, 0.1) is 0 Å². The van der Waals surface area contributed by atoms with Crippen molar-refractivity contribution in [2.24, 2.45) is 0 Å². The van der Waals surface area contributed by atoms with Crippen molar-refractivity contribution in [3.63, 3.8) is 0 Å². The number of hydrogen-bond acceptors (Lipinski definition) is 4. The van der Waals surface area contributed by atoms with E-state index in [1.807, 2.05) is 6.07 Å². The Morgan fingerprint density at radius 1 is 1.06 bits per heavy atom. The van der Waals surface area contributed by atoms with Gasteiger partial charge in [-0.1, -0.05) is 12.1 Å². The predicted octanol–water partition coefficient (Wildman–Crippen LogP) is 1.73. The van der Waals surface area contributed by atoms with E-state index in [1.54, 1.807) is 30.3 Å². The summed E-state index contributed by atoms with van der Waals surface area (Å²) < 4.78 is 1.54. The van der Waals surface area contributed by atoms with Gasteiger partial charge in [-0.3, -0.25) is 0 Å². The average Bonchev–Trinajstić information content (AvgIpc) is 2.70. The number of rotatable bonds is 2. The Labute approximate surface area is 103 Å². The van der Waals surface area contributed by atoms with Crippen molar-refractivity contribution in [1.82, 2.24) is 14.6 Å². The molecule has 0 atom stereocenters. The van der Waals surface area contributed by atoms with E-state index in [1.165, 1.54) is 10.7 Å². The van der Waals surface area contributed by atoms with E-state index >= 15 is 0 Å². The first-order valence-corrected chi connectivity index (χ1v) is 5.53. The first kappa shape index (κ1) is 10.6. The molecule has 0 saturated carbocycles. The molecule has 5 nitrogen and oxygen atoms in total. The zero-order valence-electron chi connectivity index (χ0n) is 9.48. The third-order valence-corrected chi connectivity index (χ3v) is 2.63. The van der Waals surface area contributed by atoms with Crippen molar-refractivity contribution in [1.29, 1.82) is 0 Å². The van der Waals surface area contributed by atoms with Crippen LogP contribution in [0.25, 0.3) is 5.65 Å². The predicted molar refractivity (Wildman–Crippen MR) is 65.6 cm³/mol. The van der Waals surface area contributed by atoms with Gasteiger partial charge in [0.05, 0.1) is 6.20 Å². The lowest BCUT2D eigenvalue weighted by atomic mass is 10.1. The molecule has 90 valence electrons. The molecule has 0 bridgehead atoms. The maximum atomic E-state index is 9.39. The van der Waals surface area contributed by atoms with Gasteiger partial charge >= 0.3 is 0 Å². The Balaban J connectivity index is 1.95. The van der Waals surface area contributed by atoms with E-state index in [0.29, 0.717) is 17.9 Å². The Morgan fingerprint density at radius 3 is 2.78 bits per heavy atom. The van der Waals surface area contributed by atoms with Crippen LogP contribution in [0.5, 0.6) is 11.5 Å². The van der Waals surface area contributed by atoms with Gasteiger partial charge in [0.2, 0.25) is 0 Å². The summed E-state index contributed by atoms with van der Waals surface area (Å²) in [5.41, 5.74) is 1.62. The summed E-state index contributed by atoms with van der Waals surface area (Å²) in [7, 11) is 0. The summed E-state index contributed by atoms with van der Waals surface area (Å²) >= 11 is 0. The lowest BCUT2D eigenvalue weighted by Crippen LogP contribution is -1.91. The quantitative estimate of drug-likeness (QED) is 0.716. The summed E-state index contributed by atoms with van der Waals surface area (Å²) in [6, 6.07) is 10.3. The normalized spacial score (nSPS) is 10.9. The molecule has 2 aromatic heterocycles. The Kier molecular flexibility index (Phi) is 2.37. The van der Waals surface area contributed by atoms with Crippen LogP contribution in [-0.2, 0) is 6.42 Å². The fraction of sp³-hybridized carbons (Fsp3) is 0.0769. The maximum Gasteiger partial charge on any atom is 0.156 e. The molecule has 0 saturated heterocycles. The van der Waals surface area contributed by atoms with Crippen LogP contribution in [0.4, 0.5) is 0 Å². The summed E-state index contributed by atoms with van der Waals surface area (Å²) in [5, 5.41) is 23.0. The number of nitrogens with zero attached hydrogens (tertiary/aromatic N) is 3. The lowest BCUT2D eigenvalue weighted by molar-refractivity contribution is 0.470. The number of hydrogen-bond donors (Lipinski definition) is 2. The SMILES string of the molecule is Oc1cccc(Cc2nc3ccc(O)cn3n2)c1. The third-order valence-electron chi connectivity index (χ3n) is 2.63. The topological polar surface area (TPSA) is 70.7 Å². The van der Waals surface area contributed by atoms with Gasteiger partial charge in [0.15, 0.2) is 11.5 Å². The van der Waals surface area contributed by atoms with Crippen LogP contribution in [-0.4, -0.2) is 24.8 Å². The highest BCUT2D eigenvalue weighted by molar-refractivity contribution is 5.40. The molecule has 0 spiro atoms. The van der Waals surface area contributed by atoms with Gasteiger partial charge in [0, 0.05) is 6.42 Å². The number of phenols is 1. The molecule has 0 unspecified atom stereocenters.